The summed E-state index contributed by atoms with van der Waals surface area (Å²) in [7, 11) is 0. The molecule has 0 radical (unpaired) electrons. The summed E-state index contributed by atoms with van der Waals surface area (Å²) in [5.41, 5.74) is 3.06. The van der Waals surface area contributed by atoms with Crippen LogP contribution in [-0.4, -0.2) is 11.0 Å². The summed E-state index contributed by atoms with van der Waals surface area (Å²) >= 11 is 2.14. The summed E-state index contributed by atoms with van der Waals surface area (Å²) in [4.78, 5) is 0. The normalized spacial score (nSPS) is 29.2. The van der Waals surface area contributed by atoms with Crippen LogP contribution in [0.4, 0.5) is 0 Å². The van der Waals surface area contributed by atoms with E-state index in [1.54, 1.807) is 0 Å². The van der Waals surface area contributed by atoms with E-state index in [-0.39, 0.29) is 0 Å². The maximum atomic E-state index is 3.88. The van der Waals surface area contributed by atoms with Crippen molar-refractivity contribution in [3.8, 4) is 0 Å². The average Bonchev–Trinajstić information content (AvgIpc) is 2.85. The molecule has 1 fully saturated rings. The molecule has 0 N–H and O–H groups in total. The van der Waals surface area contributed by atoms with Crippen molar-refractivity contribution in [2.75, 3.05) is 5.75 Å². The Labute approximate surface area is 110 Å². The van der Waals surface area contributed by atoms with Gasteiger partial charge in [0.2, 0.25) is 0 Å². The molecule has 0 spiro atoms. The van der Waals surface area contributed by atoms with Gasteiger partial charge >= 0.3 is 0 Å². The van der Waals surface area contributed by atoms with Crippen molar-refractivity contribution in [2.45, 2.75) is 37.9 Å². The SMILES string of the molecule is C=C/C=C(/C1=CC=CCC1)C1CC(CC)CS1. The first-order chi connectivity index (χ1) is 8.35. The molecule has 2 aliphatic rings. The fraction of sp³-hybridized carbons (Fsp3) is 0.500. The third-order valence-electron chi connectivity index (χ3n) is 3.69. The fourth-order valence-electron chi connectivity index (χ4n) is 2.58. The molecule has 1 aliphatic heterocycles. The molecule has 0 saturated carbocycles. The zero-order chi connectivity index (χ0) is 12.1. The smallest absolute Gasteiger partial charge is 0.0303 e. The van der Waals surface area contributed by atoms with Crippen molar-refractivity contribution in [3.05, 3.63) is 48.1 Å². The van der Waals surface area contributed by atoms with Gasteiger partial charge in [0.25, 0.3) is 0 Å². The Hall–Kier alpha value is -0.690. The summed E-state index contributed by atoms with van der Waals surface area (Å²) in [6, 6.07) is 0. The van der Waals surface area contributed by atoms with E-state index in [0.717, 1.165) is 5.92 Å². The highest BCUT2D eigenvalue weighted by atomic mass is 32.2. The Morgan fingerprint density at radius 2 is 2.47 bits per heavy atom. The standard InChI is InChI=1S/C16H22S/c1-3-8-15(14-9-6-5-7-10-14)16-11-13(4-2)12-17-16/h3,5-6,8-9,13,16H,1,4,7,10-12H2,2H3/b15-8-. The molecule has 2 rings (SSSR count). The van der Waals surface area contributed by atoms with Crippen LogP contribution in [0, 0.1) is 5.92 Å². The number of rotatable bonds is 4. The monoisotopic (exact) mass is 246 g/mol. The van der Waals surface area contributed by atoms with Crippen LogP contribution in [0.25, 0.3) is 0 Å². The van der Waals surface area contributed by atoms with Crippen molar-refractivity contribution in [1.29, 1.82) is 0 Å². The van der Waals surface area contributed by atoms with Gasteiger partial charge in [-0.05, 0) is 42.1 Å². The minimum atomic E-state index is 0.704. The second-order valence-corrected chi connectivity index (χ2v) is 6.08. The Bertz CT molecular complexity index is 360. The predicted molar refractivity (Wildman–Crippen MR) is 79.4 cm³/mol. The zero-order valence-electron chi connectivity index (χ0n) is 10.7. The van der Waals surface area contributed by atoms with Crippen molar-refractivity contribution in [2.24, 2.45) is 5.92 Å². The molecule has 0 aromatic heterocycles. The van der Waals surface area contributed by atoms with E-state index >= 15 is 0 Å². The second-order valence-electron chi connectivity index (χ2n) is 4.85. The van der Waals surface area contributed by atoms with E-state index in [1.165, 1.54) is 42.6 Å². The largest absolute Gasteiger partial charge is 0.153 e. The molecule has 2 unspecified atom stereocenters. The van der Waals surface area contributed by atoms with Crippen LogP contribution in [-0.2, 0) is 0 Å². The number of hydrogen-bond acceptors (Lipinski definition) is 1. The Kier molecular flexibility index (Phi) is 4.73. The maximum absolute atomic E-state index is 3.88. The van der Waals surface area contributed by atoms with Crippen LogP contribution in [0.5, 0.6) is 0 Å². The van der Waals surface area contributed by atoms with Gasteiger partial charge in [0.15, 0.2) is 0 Å². The van der Waals surface area contributed by atoms with Crippen LogP contribution < -0.4 is 0 Å². The molecule has 1 saturated heterocycles. The minimum absolute atomic E-state index is 0.704. The van der Waals surface area contributed by atoms with Gasteiger partial charge < -0.3 is 0 Å². The van der Waals surface area contributed by atoms with E-state index in [4.69, 9.17) is 0 Å². The predicted octanol–water partition coefficient (Wildman–Crippen LogP) is 4.91. The van der Waals surface area contributed by atoms with Crippen molar-refractivity contribution in [1.82, 2.24) is 0 Å². The highest BCUT2D eigenvalue weighted by molar-refractivity contribution is 8.00. The van der Waals surface area contributed by atoms with Gasteiger partial charge in [0, 0.05) is 5.25 Å². The number of allylic oxidation sites excluding steroid dienone is 6. The van der Waals surface area contributed by atoms with Gasteiger partial charge in [0.05, 0.1) is 0 Å². The van der Waals surface area contributed by atoms with E-state index in [0.29, 0.717) is 5.25 Å². The van der Waals surface area contributed by atoms with Gasteiger partial charge in [-0.1, -0.05) is 50.3 Å². The Morgan fingerprint density at radius 1 is 1.59 bits per heavy atom. The van der Waals surface area contributed by atoms with Gasteiger partial charge in [0.1, 0.15) is 0 Å². The van der Waals surface area contributed by atoms with Gasteiger partial charge in [-0.2, -0.15) is 11.8 Å². The minimum Gasteiger partial charge on any atom is -0.153 e. The number of thioether (sulfide) groups is 1. The van der Waals surface area contributed by atoms with E-state index < -0.39 is 0 Å². The molecule has 0 bridgehead atoms. The highest BCUT2D eigenvalue weighted by Crippen LogP contribution is 2.40. The van der Waals surface area contributed by atoms with Gasteiger partial charge in [-0.15, -0.1) is 0 Å². The first kappa shape index (κ1) is 12.8. The van der Waals surface area contributed by atoms with E-state index in [2.05, 4.69) is 49.6 Å². The van der Waals surface area contributed by atoms with Gasteiger partial charge in [-0.25, -0.2) is 0 Å². The summed E-state index contributed by atoms with van der Waals surface area (Å²) in [6.07, 6.45) is 16.0. The Morgan fingerprint density at radius 3 is 3.06 bits per heavy atom. The molecule has 0 aromatic carbocycles. The molecular weight excluding hydrogens is 224 g/mol. The molecule has 0 amide bonds. The third kappa shape index (κ3) is 3.16. The molecule has 2 atom stereocenters. The van der Waals surface area contributed by atoms with Gasteiger partial charge in [-0.3, -0.25) is 0 Å². The Balaban J connectivity index is 2.13. The van der Waals surface area contributed by atoms with Crippen LogP contribution in [0.1, 0.15) is 32.6 Å². The maximum Gasteiger partial charge on any atom is 0.0303 e. The summed E-state index contributed by atoms with van der Waals surface area (Å²) in [5, 5.41) is 0.704. The first-order valence-corrected chi connectivity index (χ1v) is 7.70. The number of hydrogen-bond donors (Lipinski definition) is 0. The lowest BCUT2D eigenvalue weighted by molar-refractivity contribution is 0.555. The van der Waals surface area contributed by atoms with Crippen LogP contribution >= 0.6 is 11.8 Å². The molecule has 1 heterocycles. The van der Waals surface area contributed by atoms with Crippen molar-refractivity contribution < 1.29 is 0 Å². The van der Waals surface area contributed by atoms with Crippen LogP contribution in [0.3, 0.4) is 0 Å². The lowest BCUT2D eigenvalue weighted by atomic mass is 9.90. The molecular formula is C16H22S. The summed E-state index contributed by atoms with van der Waals surface area (Å²) < 4.78 is 0. The molecule has 1 aliphatic carbocycles. The molecule has 0 aromatic rings. The first-order valence-electron chi connectivity index (χ1n) is 6.65. The van der Waals surface area contributed by atoms with Crippen molar-refractivity contribution in [3.63, 3.8) is 0 Å². The second kappa shape index (κ2) is 6.30. The lowest BCUT2D eigenvalue weighted by Crippen LogP contribution is -2.08. The molecule has 0 nitrogen and oxygen atoms in total. The molecule has 1 heteroatoms. The fourth-order valence-corrected chi connectivity index (χ4v) is 4.28. The molecule has 92 valence electrons. The topological polar surface area (TPSA) is 0 Å². The van der Waals surface area contributed by atoms with E-state index in [1.807, 2.05) is 6.08 Å². The molecule has 17 heavy (non-hydrogen) atoms. The highest BCUT2D eigenvalue weighted by Gasteiger charge is 2.27. The average molecular weight is 246 g/mol. The van der Waals surface area contributed by atoms with E-state index in [9.17, 15) is 0 Å². The van der Waals surface area contributed by atoms with Crippen molar-refractivity contribution >= 4 is 11.8 Å². The van der Waals surface area contributed by atoms with Crippen LogP contribution in [0.15, 0.2) is 48.1 Å². The summed E-state index contributed by atoms with van der Waals surface area (Å²) in [6.45, 7) is 6.19. The lowest BCUT2D eigenvalue weighted by Gasteiger charge is -2.19. The zero-order valence-corrected chi connectivity index (χ0v) is 11.5. The summed E-state index contributed by atoms with van der Waals surface area (Å²) in [5.74, 6) is 2.25. The van der Waals surface area contributed by atoms with Crippen LogP contribution in [0.2, 0.25) is 0 Å². The third-order valence-corrected chi connectivity index (χ3v) is 5.20. The quantitative estimate of drug-likeness (QED) is 0.635.